The van der Waals surface area contributed by atoms with Gasteiger partial charge < -0.3 is 10.1 Å². The molecule has 21 heavy (non-hydrogen) atoms. The maximum atomic E-state index is 5.45. The van der Waals surface area contributed by atoms with Gasteiger partial charge in [0.15, 0.2) is 5.82 Å². The average Bonchev–Trinajstić information content (AvgIpc) is 3.27. The number of rotatable bonds is 2. The molecule has 2 aromatic heterocycles. The van der Waals surface area contributed by atoms with Crippen molar-refractivity contribution in [2.24, 2.45) is 0 Å². The second-order valence-corrected chi connectivity index (χ2v) is 7.46. The second-order valence-electron chi connectivity index (χ2n) is 6.47. The fourth-order valence-electron chi connectivity index (χ4n) is 4.10. The molecule has 7 heteroatoms. The Hall–Kier alpha value is -1.05. The third-order valence-electron chi connectivity index (χ3n) is 5.23. The number of hydrogen-bond acceptors (Lipinski definition) is 6. The molecule has 5 heterocycles. The molecule has 0 radical (unpaired) electrons. The first-order valence-corrected chi connectivity index (χ1v) is 8.76. The molecule has 2 bridgehead atoms. The number of nitrogens with zero attached hydrogens (tertiary/aromatic N) is 4. The highest BCUT2D eigenvalue weighted by Crippen LogP contribution is 2.41. The summed E-state index contributed by atoms with van der Waals surface area (Å²) in [6.07, 6.45) is 5.93. The van der Waals surface area contributed by atoms with Gasteiger partial charge in [-0.1, -0.05) is 11.3 Å². The molecule has 5 rings (SSSR count). The van der Waals surface area contributed by atoms with E-state index in [9.17, 15) is 0 Å². The molecule has 0 amide bonds. The van der Waals surface area contributed by atoms with Crippen LogP contribution in [0.2, 0.25) is 0 Å². The van der Waals surface area contributed by atoms with Gasteiger partial charge >= 0.3 is 0 Å². The minimum atomic E-state index is 0.446. The largest absolute Gasteiger partial charge is 0.381 e. The number of nitrogens with one attached hydrogen (secondary N) is 1. The van der Waals surface area contributed by atoms with Crippen LogP contribution in [-0.2, 0) is 4.74 Å². The van der Waals surface area contributed by atoms with E-state index >= 15 is 0 Å². The van der Waals surface area contributed by atoms with Crippen LogP contribution in [0, 0.1) is 0 Å². The van der Waals surface area contributed by atoms with Crippen molar-refractivity contribution in [2.45, 2.75) is 56.0 Å². The standard InChI is InChI=1S/C14H19N5OS/c1-2-11-10(7-9(1)15-11)13-18-19-12(16-17-14(19)21-13)8-3-5-20-6-4-8/h8-11,15H,1-7H2. The molecule has 0 saturated carbocycles. The van der Waals surface area contributed by atoms with E-state index in [-0.39, 0.29) is 0 Å². The van der Waals surface area contributed by atoms with Gasteiger partial charge in [-0.15, -0.1) is 10.2 Å². The summed E-state index contributed by atoms with van der Waals surface area (Å²) < 4.78 is 7.45. The van der Waals surface area contributed by atoms with E-state index in [2.05, 4.69) is 15.5 Å². The lowest BCUT2D eigenvalue weighted by atomic mass is 9.90. The summed E-state index contributed by atoms with van der Waals surface area (Å²) in [5, 5.41) is 18.6. The topological polar surface area (TPSA) is 64.3 Å². The molecule has 3 unspecified atom stereocenters. The average molecular weight is 305 g/mol. The predicted octanol–water partition coefficient (Wildman–Crippen LogP) is 1.69. The molecule has 1 N–H and O–H groups in total. The van der Waals surface area contributed by atoms with Crippen LogP contribution in [0.15, 0.2) is 0 Å². The van der Waals surface area contributed by atoms with Crippen LogP contribution in [0.1, 0.15) is 54.8 Å². The Morgan fingerprint density at radius 3 is 2.81 bits per heavy atom. The van der Waals surface area contributed by atoms with Gasteiger partial charge in [0.2, 0.25) is 4.96 Å². The van der Waals surface area contributed by atoms with Gasteiger partial charge in [-0.3, -0.25) is 0 Å². The maximum absolute atomic E-state index is 5.45. The van der Waals surface area contributed by atoms with Crippen molar-refractivity contribution in [1.82, 2.24) is 25.1 Å². The van der Waals surface area contributed by atoms with Gasteiger partial charge in [0.1, 0.15) is 5.01 Å². The number of hydrogen-bond donors (Lipinski definition) is 1. The third-order valence-corrected chi connectivity index (χ3v) is 6.27. The third kappa shape index (κ3) is 1.94. The van der Waals surface area contributed by atoms with Crippen molar-refractivity contribution in [3.05, 3.63) is 10.8 Å². The first kappa shape index (κ1) is 12.5. The molecule has 6 nitrogen and oxygen atoms in total. The van der Waals surface area contributed by atoms with Crippen LogP contribution in [0.3, 0.4) is 0 Å². The fraction of sp³-hybridized carbons (Fsp3) is 0.786. The van der Waals surface area contributed by atoms with Crippen molar-refractivity contribution < 1.29 is 4.74 Å². The predicted molar refractivity (Wildman–Crippen MR) is 78.8 cm³/mol. The molecule has 112 valence electrons. The lowest BCUT2D eigenvalue weighted by molar-refractivity contribution is 0.0831. The Labute approximate surface area is 126 Å². The molecule has 3 fully saturated rings. The van der Waals surface area contributed by atoms with Gasteiger partial charge in [0.25, 0.3) is 0 Å². The number of fused-ring (bicyclic) bond motifs is 3. The van der Waals surface area contributed by atoms with E-state index in [1.165, 1.54) is 24.3 Å². The summed E-state index contributed by atoms with van der Waals surface area (Å²) in [4.78, 5) is 0.953. The van der Waals surface area contributed by atoms with Crippen molar-refractivity contribution in [1.29, 1.82) is 0 Å². The summed E-state index contributed by atoms with van der Waals surface area (Å²) in [5.74, 6) is 2.06. The van der Waals surface area contributed by atoms with Gasteiger partial charge in [0.05, 0.1) is 0 Å². The van der Waals surface area contributed by atoms with Crippen molar-refractivity contribution in [3.63, 3.8) is 0 Å². The lowest BCUT2D eigenvalue weighted by Crippen LogP contribution is -2.21. The monoisotopic (exact) mass is 305 g/mol. The van der Waals surface area contributed by atoms with Gasteiger partial charge in [-0.05, 0) is 32.1 Å². The molecular formula is C14H19N5OS. The summed E-state index contributed by atoms with van der Waals surface area (Å²) in [6.45, 7) is 1.65. The summed E-state index contributed by atoms with van der Waals surface area (Å²) in [7, 11) is 0. The highest BCUT2D eigenvalue weighted by molar-refractivity contribution is 7.16. The van der Waals surface area contributed by atoms with Gasteiger partial charge in [0, 0.05) is 37.1 Å². The highest BCUT2D eigenvalue weighted by Gasteiger charge is 2.41. The van der Waals surface area contributed by atoms with E-state index < -0.39 is 0 Å². The summed E-state index contributed by atoms with van der Waals surface area (Å²) in [5.41, 5.74) is 0. The van der Waals surface area contributed by atoms with Crippen molar-refractivity contribution in [3.8, 4) is 0 Å². The minimum Gasteiger partial charge on any atom is -0.381 e. The molecular weight excluding hydrogens is 286 g/mol. The van der Waals surface area contributed by atoms with Crippen LogP contribution in [0.25, 0.3) is 4.96 Å². The zero-order chi connectivity index (χ0) is 13.8. The molecule has 0 aromatic carbocycles. The molecule has 3 aliphatic heterocycles. The summed E-state index contributed by atoms with van der Waals surface area (Å²) in [6, 6.07) is 1.34. The van der Waals surface area contributed by atoms with Gasteiger partial charge in [-0.2, -0.15) is 9.61 Å². The number of aromatic nitrogens is 4. The molecule has 3 aliphatic rings. The first-order valence-electron chi connectivity index (χ1n) is 7.94. The Morgan fingerprint density at radius 2 is 2.05 bits per heavy atom. The first-order chi connectivity index (χ1) is 10.4. The zero-order valence-electron chi connectivity index (χ0n) is 11.9. The maximum Gasteiger partial charge on any atom is 0.234 e. The van der Waals surface area contributed by atoms with E-state index in [1.54, 1.807) is 11.3 Å². The quantitative estimate of drug-likeness (QED) is 0.914. The van der Waals surface area contributed by atoms with Crippen LogP contribution in [0.4, 0.5) is 0 Å². The van der Waals surface area contributed by atoms with E-state index in [1.807, 2.05) is 4.52 Å². The van der Waals surface area contributed by atoms with E-state index in [0.29, 0.717) is 23.9 Å². The van der Waals surface area contributed by atoms with Crippen LogP contribution < -0.4 is 5.32 Å². The SMILES string of the molecule is C1CC(c2nnc3sc(C4CC5CCC4N5)nn23)CCO1. The smallest absolute Gasteiger partial charge is 0.234 e. The van der Waals surface area contributed by atoms with E-state index in [4.69, 9.17) is 9.84 Å². The Morgan fingerprint density at radius 1 is 1.14 bits per heavy atom. The second kappa shape index (κ2) is 4.72. The molecule has 2 aromatic rings. The summed E-state index contributed by atoms with van der Waals surface area (Å²) >= 11 is 1.73. The molecule has 0 spiro atoms. The molecule has 0 aliphatic carbocycles. The lowest BCUT2D eigenvalue weighted by Gasteiger charge is -2.19. The van der Waals surface area contributed by atoms with Crippen molar-refractivity contribution in [2.75, 3.05) is 13.2 Å². The highest BCUT2D eigenvalue weighted by atomic mass is 32.1. The normalized spacial score (nSPS) is 33.2. The molecule has 3 saturated heterocycles. The zero-order valence-corrected chi connectivity index (χ0v) is 12.7. The van der Waals surface area contributed by atoms with Crippen LogP contribution in [-0.4, -0.2) is 45.1 Å². The minimum absolute atomic E-state index is 0.446. The Kier molecular flexibility index (Phi) is 2.81. The fourth-order valence-corrected chi connectivity index (χ4v) is 5.13. The Bertz CT molecular complexity index is 661. The number of ether oxygens (including phenoxy) is 1. The molecule has 3 atom stereocenters. The van der Waals surface area contributed by atoms with Crippen molar-refractivity contribution >= 4 is 16.3 Å². The van der Waals surface area contributed by atoms with Crippen LogP contribution >= 0.6 is 11.3 Å². The van der Waals surface area contributed by atoms with Crippen LogP contribution in [0.5, 0.6) is 0 Å². The van der Waals surface area contributed by atoms with E-state index in [0.717, 1.165) is 36.8 Å². The van der Waals surface area contributed by atoms with Gasteiger partial charge in [-0.25, -0.2) is 0 Å². The Balaban J connectivity index is 1.48.